The first-order valence-corrected chi connectivity index (χ1v) is 12.1. The van der Waals surface area contributed by atoms with Crippen molar-refractivity contribution < 1.29 is 14.3 Å². The number of ether oxygens (including phenoxy) is 1. The third kappa shape index (κ3) is 12.1. The van der Waals surface area contributed by atoms with E-state index in [4.69, 9.17) is 4.74 Å². The number of hydrogen-bond donors (Lipinski definition) is 1. The number of carbonyl (C=O) groups is 2. The number of rotatable bonds is 14. The van der Waals surface area contributed by atoms with Gasteiger partial charge in [-0.05, 0) is 40.0 Å². The van der Waals surface area contributed by atoms with Crippen molar-refractivity contribution in [3.63, 3.8) is 0 Å². The Kier molecular flexibility index (Phi) is 13.0. The monoisotopic (exact) mass is 410 g/mol. The van der Waals surface area contributed by atoms with Crippen LogP contribution in [0.3, 0.4) is 0 Å². The van der Waals surface area contributed by atoms with Crippen molar-refractivity contribution in [2.24, 2.45) is 0 Å². The molecule has 0 radical (unpaired) electrons. The summed E-state index contributed by atoms with van der Waals surface area (Å²) in [4.78, 5) is 26.3. The number of nitrogens with one attached hydrogen (secondary N) is 1. The van der Waals surface area contributed by atoms with Crippen LogP contribution in [-0.4, -0.2) is 41.6 Å². The Hall–Kier alpha value is -1.26. The van der Waals surface area contributed by atoms with Gasteiger partial charge in [-0.1, -0.05) is 77.6 Å². The Morgan fingerprint density at radius 2 is 1.41 bits per heavy atom. The van der Waals surface area contributed by atoms with Gasteiger partial charge >= 0.3 is 6.09 Å². The van der Waals surface area contributed by atoms with E-state index in [0.717, 1.165) is 25.7 Å². The molecule has 1 aliphatic rings. The summed E-state index contributed by atoms with van der Waals surface area (Å²) in [5, 5.41) is 3.02. The van der Waals surface area contributed by atoms with E-state index in [1.807, 2.05) is 20.8 Å². The second kappa shape index (κ2) is 14.7. The molecule has 1 saturated heterocycles. The van der Waals surface area contributed by atoms with Crippen LogP contribution in [0.5, 0.6) is 0 Å². The lowest BCUT2D eigenvalue weighted by Crippen LogP contribution is -2.47. The van der Waals surface area contributed by atoms with Gasteiger partial charge in [0.15, 0.2) is 0 Å². The number of carbonyl (C=O) groups excluding carboxylic acids is 2. The maximum atomic E-state index is 12.5. The first kappa shape index (κ1) is 25.8. The molecule has 1 rings (SSSR count). The molecule has 0 saturated carbocycles. The molecule has 5 heteroatoms. The number of hydrogen-bond acceptors (Lipinski definition) is 3. The highest BCUT2D eigenvalue weighted by Gasteiger charge is 2.36. The van der Waals surface area contributed by atoms with Gasteiger partial charge in [0.25, 0.3) is 0 Å². The number of likely N-dealkylation sites (tertiary alicyclic amines) is 1. The standard InChI is InChI=1S/C24H46N2O3/c1-5-6-7-8-9-10-11-12-13-14-15-16-19-25-22(27)21-18-17-20-26(21)23(28)29-24(2,3)4/h21H,5-20H2,1-4H3,(H,25,27). The maximum absolute atomic E-state index is 12.5. The summed E-state index contributed by atoms with van der Waals surface area (Å²) in [6.07, 6.45) is 16.9. The van der Waals surface area contributed by atoms with Gasteiger partial charge in [-0.2, -0.15) is 0 Å². The Balaban J connectivity index is 2.04. The van der Waals surface area contributed by atoms with E-state index in [1.54, 1.807) is 4.90 Å². The summed E-state index contributed by atoms with van der Waals surface area (Å²) < 4.78 is 5.43. The highest BCUT2D eigenvalue weighted by atomic mass is 16.6. The minimum absolute atomic E-state index is 0.0311. The van der Waals surface area contributed by atoms with E-state index in [-0.39, 0.29) is 18.0 Å². The SMILES string of the molecule is CCCCCCCCCCCCCCNC(=O)C1CCCN1C(=O)OC(C)(C)C. The van der Waals surface area contributed by atoms with Crippen LogP contribution in [0.2, 0.25) is 0 Å². The fourth-order valence-corrected chi connectivity index (χ4v) is 3.87. The molecule has 0 spiro atoms. The Labute approximate surface area is 179 Å². The molecule has 0 aliphatic carbocycles. The summed E-state index contributed by atoms with van der Waals surface area (Å²) in [5.74, 6) is -0.0311. The molecule has 0 aromatic heterocycles. The van der Waals surface area contributed by atoms with E-state index in [9.17, 15) is 9.59 Å². The van der Waals surface area contributed by atoms with Crippen LogP contribution in [0.1, 0.15) is 118 Å². The van der Waals surface area contributed by atoms with Gasteiger partial charge in [0, 0.05) is 13.1 Å². The lowest BCUT2D eigenvalue weighted by molar-refractivity contribution is -0.125. The van der Waals surface area contributed by atoms with Gasteiger partial charge in [0.05, 0.1) is 0 Å². The fourth-order valence-electron chi connectivity index (χ4n) is 3.87. The molecule has 170 valence electrons. The van der Waals surface area contributed by atoms with Crippen molar-refractivity contribution in [1.29, 1.82) is 0 Å². The summed E-state index contributed by atoms with van der Waals surface area (Å²) in [6.45, 7) is 9.12. The summed E-state index contributed by atoms with van der Waals surface area (Å²) in [6, 6.07) is -0.373. The van der Waals surface area contributed by atoms with Gasteiger partial charge in [-0.25, -0.2) is 4.79 Å². The van der Waals surface area contributed by atoms with Crippen LogP contribution < -0.4 is 5.32 Å². The van der Waals surface area contributed by atoms with E-state index in [2.05, 4.69) is 12.2 Å². The lowest BCUT2D eigenvalue weighted by Gasteiger charge is -2.28. The van der Waals surface area contributed by atoms with Crippen LogP contribution >= 0.6 is 0 Å². The minimum Gasteiger partial charge on any atom is -0.444 e. The highest BCUT2D eigenvalue weighted by Crippen LogP contribution is 2.21. The normalized spacial score (nSPS) is 16.8. The zero-order valence-corrected chi connectivity index (χ0v) is 19.6. The molecular formula is C24H46N2O3. The average molecular weight is 411 g/mol. The highest BCUT2D eigenvalue weighted by molar-refractivity contribution is 5.86. The van der Waals surface area contributed by atoms with Crippen LogP contribution in [0.15, 0.2) is 0 Å². The molecule has 1 N–H and O–H groups in total. The van der Waals surface area contributed by atoms with Crippen LogP contribution in [0.4, 0.5) is 4.79 Å². The second-order valence-corrected chi connectivity index (χ2v) is 9.51. The molecule has 1 fully saturated rings. The lowest BCUT2D eigenvalue weighted by atomic mass is 10.1. The fraction of sp³-hybridized carbons (Fsp3) is 0.917. The molecule has 29 heavy (non-hydrogen) atoms. The van der Waals surface area contributed by atoms with Gasteiger partial charge in [-0.3, -0.25) is 9.69 Å². The zero-order valence-electron chi connectivity index (χ0n) is 19.6. The molecule has 1 aliphatic heterocycles. The Morgan fingerprint density at radius 1 is 0.897 bits per heavy atom. The van der Waals surface area contributed by atoms with Crippen LogP contribution in [0.25, 0.3) is 0 Å². The summed E-state index contributed by atoms with van der Waals surface area (Å²) >= 11 is 0. The Morgan fingerprint density at radius 3 is 1.93 bits per heavy atom. The van der Waals surface area contributed by atoms with Gasteiger partial charge in [-0.15, -0.1) is 0 Å². The molecule has 1 atom stereocenters. The molecule has 0 aromatic carbocycles. The molecule has 2 amide bonds. The van der Waals surface area contributed by atoms with E-state index >= 15 is 0 Å². The number of amides is 2. The smallest absolute Gasteiger partial charge is 0.410 e. The largest absolute Gasteiger partial charge is 0.444 e. The minimum atomic E-state index is -0.532. The zero-order chi connectivity index (χ0) is 21.5. The van der Waals surface area contributed by atoms with Gasteiger partial charge < -0.3 is 10.1 Å². The third-order valence-electron chi connectivity index (χ3n) is 5.51. The summed E-state index contributed by atoms with van der Waals surface area (Å²) in [5.41, 5.74) is -0.532. The van der Waals surface area contributed by atoms with Crippen LogP contribution in [-0.2, 0) is 9.53 Å². The molecule has 5 nitrogen and oxygen atoms in total. The first-order chi connectivity index (χ1) is 13.8. The maximum Gasteiger partial charge on any atom is 0.410 e. The summed E-state index contributed by atoms with van der Waals surface area (Å²) in [7, 11) is 0. The van der Waals surface area contributed by atoms with Crippen molar-refractivity contribution in [3.05, 3.63) is 0 Å². The molecule has 1 heterocycles. The van der Waals surface area contributed by atoms with E-state index in [1.165, 1.54) is 64.2 Å². The molecular weight excluding hydrogens is 364 g/mol. The van der Waals surface area contributed by atoms with Crippen molar-refractivity contribution in [1.82, 2.24) is 10.2 Å². The van der Waals surface area contributed by atoms with Crippen LogP contribution in [0, 0.1) is 0 Å². The predicted octanol–water partition coefficient (Wildman–Crippen LogP) is 6.20. The number of nitrogens with zero attached hydrogens (tertiary/aromatic N) is 1. The third-order valence-corrected chi connectivity index (χ3v) is 5.51. The van der Waals surface area contributed by atoms with Crippen molar-refractivity contribution in [2.75, 3.05) is 13.1 Å². The quantitative estimate of drug-likeness (QED) is 0.347. The van der Waals surface area contributed by atoms with Gasteiger partial charge in [0.2, 0.25) is 5.91 Å². The Bertz CT molecular complexity index is 460. The van der Waals surface area contributed by atoms with Crippen molar-refractivity contribution in [2.45, 2.75) is 129 Å². The number of unbranched alkanes of at least 4 members (excludes halogenated alkanes) is 11. The van der Waals surface area contributed by atoms with Crippen molar-refractivity contribution in [3.8, 4) is 0 Å². The second-order valence-electron chi connectivity index (χ2n) is 9.51. The molecule has 1 unspecified atom stereocenters. The van der Waals surface area contributed by atoms with Gasteiger partial charge in [0.1, 0.15) is 11.6 Å². The predicted molar refractivity (Wildman–Crippen MR) is 120 cm³/mol. The topological polar surface area (TPSA) is 58.6 Å². The van der Waals surface area contributed by atoms with Crippen molar-refractivity contribution >= 4 is 12.0 Å². The molecule has 0 aromatic rings. The van der Waals surface area contributed by atoms with E-state index < -0.39 is 5.60 Å². The van der Waals surface area contributed by atoms with E-state index in [0.29, 0.717) is 13.1 Å². The average Bonchev–Trinajstić information content (AvgIpc) is 3.14. The first-order valence-electron chi connectivity index (χ1n) is 12.1. The molecule has 0 bridgehead atoms.